The van der Waals surface area contributed by atoms with Gasteiger partial charge in [0.1, 0.15) is 12.1 Å². The first kappa shape index (κ1) is 10.9. The van der Waals surface area contributed by atoms with Crippen molar-refractivity contribution in [3.05, 3.63) is 0 Å². The first-order chi connectivity index (χ1) is 6.17. The zero-order chi connectivity index (χ0) is 11.1. The number of carbonyl (C=O) groups is 2. The van der Waals surface area contributed by atoms with E-state index in [4.69, 9.17) is 5.11 Å². The number of amides is 1. The number of nitrogens with one attached hydrogen (secondary N) is 1. The average molecular weight is 222 g/mol. The van der Waals surface area contributed by atoms with Crippen molar-refractivity contribution in [1.29, 1.82) is 0 Å². The first-order valence-electron chi connectivity index (χ1n) is 3.75. The van der Waals surface area contributed by atoms with Gasteiger partial charge in [-0.1, -0.05) is 0 Å². The van der Waals surface area contributed by atoms with E-state index in [0.717, 1.165) is 0 Å². The van der Waals surface area contributed by atoms with Gasteiger partial charge < -0.3 is 5.11 Å². The summed E-state index contributed by atoms with van der Waals surface area (Å²) in [6, 6.07) is 0. The van der Waals surface area contributed by atoms with Crippen LogP contribution < -0.4 is 4.72 Å². The maximum Gasteiger partial charge on any atom is 0.324 e. The minimum absolute atomic E-state index is 0.315. The maximum absolute atomic E-state index is 11.4. The lowest BCUT2D eigenvalue weighted by molar-refractivity contribution is -0.141. The molecule has 2 N–H and O–H groups in total. The van der Waals surface area contributed by atoms with Crippen LogP contribution in [-0.4, -0.2) is 41.8 Å². The van der Waals surface area contributed by atoms with Crippen molar-refractivity contribution in [2.45, 2.75) is 19.4 Å². The van der Waals surface area contributed by atoms with Crippen LogP contribution in [0.25, 0.3) is 0 Å². The molecule has 7 nitrogen and oxygen atoms in total. The molecule has 0 spiro atoms. The fourth-order valence-electron chi connectivity index (χ4n) is 1.12. The van der Waals surface area contributed by atoms with Crippen molar-refractivity contribution in [2.75, 3.05) is 6.54 Å². The Labute approximate surface area is 80.9 Å². The molecule has 80 valence electrons. The van der Waals surface area contributed by atoms with Crippen LogP contribution in [0.15, 0.2) is 0 Å². The van der Waals surface area contributed by atoms with Crippen LogP contribution in [0.3, 0.4) is 0 Å². The predicted octanol–water partition coefficient (Wildman–Crippen LogP) is -1.47. The van der Waals surface area contributed by atoms with E-state index in [1.165, 1.54) is 13.8 Å². The van der Waals surface area contributed by atoms with Crippen molar-refractivity contribution in [2.24, 2.45) is 0 Å². The van der Waals surface area contributed by atoms with E-state index in [1.54, 1.807) is 0 Å². The van der Waals surface area contributed by atoms with Gasteiger partial charge in [-0.2, -0.15) is 13.1 Å². The van der Waals surface area contributed by atoms with Gasteiger partial charge in [-0.05, 0) is 13.8 Å². The van der Waals surface area contributed by atoms with Crippen LogP contribution >= 0.6 is 0 Å². The monoisotopic (exact) mass is 222 g/mol. The molecule has 1 aliphatic rings. The molecule has 0 aromatic carbocycles. The number of carbonyl (C=O) groups excluding carboxylic acids is 1. The Kier molecular flexibility index (Phi) is 2.28. The highest BCUT2D eigenvalue weighted by molar-refractivity contribution is 7.88. The highest BCUT2D eigenvalue weighted by Crippen LogP contribution is 2.20. The summed E-state index contributed by atoms with van der Waals surface area (Å²) in [5.41, 5.74) is -1.27. The second kappa shape index (κ2) is 2.92. The molecule has 0 unspecified atom stereocenters. The molecule has 1 heterocycles. The van der Waals surface area contributed by atoms with Gasteiger partial charge >= 0.3 is 16.2 Å². The Morgan fingerprint density at radius 3 is 2.36 bits per heavy atom. The number of carboxylic acids is 1. The van der Waals surface area contributed by atoms with E-state index >= 15 is 0 Å². The van der Waals surface area contributed by atoms with Gasteiger partial charge in [-0.3, -0.25) is 9.59 Å². The topological polar surface area (TPSA) is 104 Å². The van der Waals surface area contributed by atoms with Crippen molar-refractivity contribution in [3.8, 4) is 0 Å². The first-order valence-corrected chi connectivity index (χ1v) is 5.19. The summed E-state index contributed by atoms with van der Waals surface area (Å²) in [5, 5.41) is 8.41. The molecule has 0 aliphatic carbocycles. The minimum Gasteiger partial charge on any atom is -0.480 e. The lowest BCUT2D eigenvalue weighted by atomic mass is 10.1. The molecule has 0 saturated carbocycles. The SMILES string of the molecule is CC1(C)NS(=O)(=O)N(CC(=O)O)C1=O. The van der Waals surface area contributed by atoms with E-state index in [1.807, 2.05) is 0 Å². The largest absolute Gasteiger partial charge is 0.480 e. The molecule has 0 radical (unpaired) electrons. The summed E-state index contributed by atoms with van der Waals surface area (Å²) in [7, 11) is -3.99. The Bertz CT molecular complexity index is 385. The van der Waals surface area contributed by atoms with Crippen molar-refractivity contribution in [1.82, 2.24) is 9.03 Å². The molecule has 1 saturated heterocycles. The molecule has 0 aromatic rings. The van der Waals surface area contributed by atoms with Crippen LogP contribution in [0.4, 0.5) is 0 Å². The fourth-order valence-corrected chi connectivity index (χ4v) is 2.69. The summed E-state index contributed by atoms with van der Waals surface area (Å²) in [6.45, 7) is 1.89. The van der Waals surface area contributed by atoms with Crippen LogP contribution in [0.2, 0.25) is 0 Å². The molecular weight excluding hydrogens is 212 g/mol. The third-order valence-electron chi connectivity index (χ3n) is 1.71. The van der Waals surface area contributed by atoms with Crippen LogP contribution in [0, 0.1) is 0 Å². The van der Waals surface area contributed by atoms with Gasteiger partial charge in [-0.25, -0.2) is 4.31 Å². The lowest BCUT2D eigenvalue weighted by Crippen LogP contribution is -2.41. The van der Waals surface area contributed by atoms with Gasteiger partial charge in [0.15, 0.2) is 0 Å². The highest BCUT2D eigenvalue weighted by atomic mass is 32.2. The molecule has 0 bridgehead atoms. The van der Waals surface area contributed by atoms with Gasteiger partial charge in [0.05, 0.1) is 0 Å². The van der Waals surface area contributed by atoms with Crippen molar-refractivity contribution >= 4 is 22.1 Å². The summed E-state index contributed by atoms with van der Waals surface area (Å²) in [5.74, 6) is -2.14. The number of hydrogen-bond acceptors (Lipinski definition) is 4. The van der Waals surface area contributed by atoms with Crippen molar-refractivity contribution in [3.63, 3.8) is 0 Å². The third kappa shape index (κ3) is 1.70. The summed E-state index contributed by atoms with van der Waals surface area (Å²) < 4.78 is 24.9. The lowest BCUT2D eigenvalue weighted by Gasteiger charge is -2.12. The van der Waals surface area contributed by atoms with Gasteiger partial charge in [-0.15, -0.1) is 0 Å². The van der Waals surface area contributed by atoms with Gasteiger partial charge in [0.2, 0.25) is 0 Å². The molecule has 14 heavy (non-hydrogen) atoms. The standard InChI is InChI=1S/C6H10N2O5S/c1-6(2)5(11)8(3-4(9)10)14(12,13)7-6/h7H,3H2,1-2H3,(H,9,10). The molecule has 1 rings (SSSR count). The molecule has 0 atom stereocenters. The van der Waals surface area contributed by atoms with E-state index in [-0.39, 0.29) is 0 Å². The minimum atomic E-state index is -3.99. The Balaban J connectivity index is 3.06. The number of nitrogens with zero attached hydrogens (tertiary/aromatic N) is 1. The number of carboxylic acid groups (broad SMARTS) is 1. The number of rotatable bonds is 2. The van der Waals surface area contributed by atoms with E-state index in [0.29, 0.717) is 4.31 Å². The predicted molar refractivity (Wildman–Crippen MR) is 45.5 cm³/mol. The smallest absolute Gasteiger partial charge is 0.324 e. The molecule has 1 aliphatic heterocycles. The Morgan fingerprint density at radius 2 is 2.07 bits per heavy atom. The van der Waals surface area contributed by atoms with E-state index in [2.05, 4.69) is 4.72 Å². The van der Waals surface area contributed by atoms with Crippen LogP contribution in [0.1, 0.15) is 13.8 Å². The maximum atomic E-state index is 11.4. The van der Waals surface area contributed by atoms with E-state index < -0.39 is 34.2 Å². The molecule has 8 heteroatoms. The van der Waals surface area contributed by atoms with Gasteiger partial charge in [0.25, 0.3) is 5.91 Å². The average Bonchev–Trinajstić information content (AvgIpc) is 2.08. The Morgan fingerprint density at radius 1 is 1.57 bits per heavy atom. The van der Waals surface area contributed by atoms with Crippen LogP contribution in [0.5, 0.6) is 0 Å². The zero-order valence-electron chi connectivity index (χ0n) is 7.64. The fraction of sp³-hybridized carbons (Fsp3) is 0.667. The quantitative estimate of drug-likeness (QED) is 0.593. The Hall–Kier alpha value is -1.15. The van der Waals surface area contributed by atoms with Crippen molar-refractivity contribution < 1.29 is 23.1 Å². The summed E-state index contributed by atoms with van der Waals surface area (Å²) in [4.78, 5) is 21.7. The van der Waals surface area contributed by atoms with Gasteiger partial charge in [0, 0.05) is 0 Å². The van der Waals surface area contributed by atoms with Crippen LogP contribution in [-0.2, 0) is 19.8 Å². The third-order valence-corrected chi connectivity index (χ3v) is 3.36. The number of hydrogen-bond donors (Lipinski definition) is 2. The van der Waals surface area contributed by atoms with E-state index in [9.17, 15) is 18.0 Å². The molecule has 1 amide bonds. The second-order valence-electron chi connectivity index (χ2n) is 3.44. The molecular formula is C6H10N2O5S. The number of aliphatic carboxylic acids is 1. The molecule has 0 aromatic heterocycles. The zero-order valence-corrected chi connectivity index (χ0v) is 8.46. The second-order valence-corrected chi connectivity index (χ2v) is 5.03. The normalized spacial score (nSPS) is 23.9. The summed E-state index contributed by atoms with van der Waals surface area (Å²) in [6.07, 6.45) is 0. The molecule has 1 fully saturated rings. The highest BCUT2D eigenvalue weighted by Gasteiger charge is 2.49. The summed E-state index contributed by atoms with van der Waals surface area (Å²) >= 11 is 0.